The van der Waals surface area contributed by atoms with E-state index >= 15 is 0 Å². The van der Waals surface area contributed by atoms with Crippen molar-refractivity contribution in [2.45, 2.75) is 33.0 Å². The van der Waals surface area contributed by atoms with Gasteiger partial charge >= 0.3 is 0 Å². The molecule has 0 rings (SSSR count). The summed E-state index contributed by atoms with van der Waals surface area (Å²) in [7, 11) is 0. The van der Waals surface area contributed by atoms with E-state index in [-0.39, 0.29) is 0 Å². The van der Waals surface area contributed by atoms with Gasteiger partial charge in [-0.2, -0.15) is 0 Å². The van der Waals surface area contributed by atoms with E-state index in [1.54, 1.807) is 0 Å². The van der Waals surface area contributed by atoms with Crippen molar-refractivity contribution in [1.29, 1.82) is 0 Å². The zero-order chi connectivity index (χ0) is 7.98. The van der Waals surface area contributed by atoms with Crippen molar-refractivity contribution in [2.75, 3.05) is 6.61 Å². The fourth-order valence-corrected chi connectivity index (χ4v) is 0.611. The molecule has 0 aromatic heterocycles. The molecular weight excluding hydrogens is 128 g/mol. The minimum Gasteiger partial charge on any atom is -0.368 e. The van der Waals surface area contributed by atoms with Crippen LogP contribution in [-0.4, -0.2) is 18.0 Å². The maximum atomic E-state index is 9.07. The summed E-state index contributed by atoms with van der Waals surface area (Å²) in [5.41, 5.74) is 0.948. The molecule has 0 fully saturated rings. The average molecular weight is 144 g/mol. The molecule has 10 heavy (non-hydrogen) atoms. The molecule has 60 valence electrons. The highest BCUT2D eigenvalue weighted by Gasteiger charge is 2.01. The molecule has 0 amide bonds. The van der Waals surface area contributed by atoms with Gasteiger partial charge in [0.25, 0.3) is 0 Å². The summed E-state index contributed by atoms with van der Waals surface area (Å²) in [6.07, 6.45) is 0.824. The second-order valence-electron chi connectivity index (χ2n) is 2.49. The van der Waals surface area contributed by atoms with Crippen molar-refractivity contribution in [2.24, 2.45) is 0 Å². The molecule has 0 aromatic rings. The second-order valence-corrected chi connectivity index (χ2v) is 2.49. The third-order valence-electron chi connectivity index (χ3n) is 1.04. The highest BCUT2D eigenvalue weighted by atomic mass is 16.6. The first-order chi connectivity index (χ1) is 4.66. The van der Waals surface area contributed by atoms with Crippen molar-refractivity contribution in [3.8, 4) is 0 Å². The van der Waals surface area contributed by atoms with Crippen LogP contribution in [-0.2, 0) is 4.74 Å². The summed E-state index contributed by atoms with van der Waals surface area (Å²) in [6, 6.07) is 0. The van der Waals surface area contributed by atoms with Crippen LogP contribution in [0.4, 0.5) is 0 Å². The lowest BCUT2D eigenvalue weighted by molar-refractivity contribution is -0.0969. The standard InChI is InChI=1S/C8H16O2/c1-4-5-10-8(9)6-7(2)3/h8-9H,2,4-6H2,1,3H3. The molecule has 0 spiro atoms. The van der Waals surface area contributed by atoms with Crippen LogP contribution in [0.5, 0.6) is 0 Å². The molecule has 0 radical (unpaired) electrons. The number of hydrogen-bond acceptors (Lipinski definition) is 2. The van der Waals surface area contributed by atoms with Gasteiger partial charge in [-0.05, 0) is 13.3 Å². The lowest BCUT2D eigenvalue weighted by atomic mass is 10.2. The lowest BCUT2D eigenvalue weighted by Crippen LogP contribution is -2.12. The predicted octanol–water partition coefficient (Wildman–Crippen LogP) is 1.70. The van der Waals surface area contributed by atoms with E-state index in [1.807, 2.05) is 13.8 Å². The van der Waals surface area contributed by atoms with Crippen molar-refractivity contribution in [3.05, 3.63) is 12.2 Å². The zero-order valence-electron chi connectivity index (χ0n) is 6.76. The average Bonchev–Trinajstić information content (AvgIpc) is 1.82. The van der Waals surface area contributed by atoms with E-state index in [4.69, 9.17) is 9.84 Å². The molecule has 2 heteroatoms. The maximum Gasteiger partial charge on any atom is 0.158 e. The molecule has 1 unspecified atom stereocenters. The largest absolute Gasteiger partial charge is 0.368 e. The highest BCUT2D eigenvalue weighted by Crippen LogP contribution is 2.02. The van der Waals surface area contributed by atoms with Gasteiger partial charge in [-0.1, -0.05) is 19.1 Å². The number of aliphatic hydroxyl groups excluding tert-OH is 1. The van der Waals surface area contributed by atoms with E-state index in [0.717, 1.165) is 12.0 Å². The molecule has 0 saturated carbocycles. The highest BCUT2D eigenvalue weighted by molar-refractivity contribution is 4.88. The Bertz CT molecular complexity index is 99.4. The van der Waals surface area contributed by atoms with Crippen molar-refractivity contribution < 1.29 is 9.84 Å². The van der Waals surface area contributed by atoms with E-state index in [9.17, 15) is 0 Å². The van der Waals surface area contributed by atoms with Crippen LogP contribution in [0.15, 0.2) is 12.2 Å². The zero-order valence-corrected chi connectivity index (χ0v) is 6.76. The summed E-state index contributed by atoms with van der Waals surface area (Å²) < 4.78 is 5.00. The van der Waals surface area contributed by atoms with Gasteiger partial charge in [0.1, 0.15) is 0 Å². The van der Waals surface area contributed by atoms with Gasteiger partial charge in [0.05, 0.1) is 0 Å². The normalized spacial score (nSPS) is 13.1. The Kier molecular flexibility index (Phi) is 5.26. The molecule has 0 aliphatic carbocycles. The summed E-state index contributed by atoms with van der Waals surface area (Å²) in [4.78, 5) is 0. The molecule has 0 aliphatic heterocycles. The lowest BCUT2D eigenvalue weighted by Gasteiger charge is -2.09. The number of hydrogen-bond donors (Lipinski definition) is 1. The molecule has 0 aliphatic rings. The molecule has 0 aromatic carbocycles. The van der Waals surface area contributed by atoms with Crippen molar-refractivity contribution in [1.82, 2.24) is 0 Å². The van der Waals surface area contributed by atoms with Crippen molar-refractivity contribution >= 4 is 0 Å². The minimum atomic E-state index is -0.655. The van der Waals surface area contributed by atoms with E-state index in [0.29, 0.717) is 13.0 Å². The van der Waals surface area contributed by atoms with Crippen LogP contribution < -0.4 is 0 Å². The Morgan fingerprint density at radius 3 is 2.70 bits per heavy atom. The molecule has 1 atom stereocenters. The van der Waals surface area contributed by atoms with E-state index in [2.05, 4.69) is 6.58 Å². The Hall–Kier alpha value is -0.340. The number of ether oxygens (including phenoxy) is 1. The summed E-state index contributed by atoms with van der Waals surface area (Å²) in [5, 5.41) is 9.07. The molecule has 1 N–H and O–H groups in total. The second kappa shape index (κ2) is 5.45. The summed E-state index contributed by atoms with van der Waals surface area (Å²) in [5.74, 6) is 0. The monoisotopic (exact) mass is 144 g/mol. The van der Waals surface area contributed by atoms with E-state index in [1.165, 1.54) is 0 Å². The van der Waals surface area contributed by atoms with Crippen LogP contribution in [0.1, 0.15) is 26.7 Å². The number of rotatable bonds is 5. The van der Waals surface area contributed by atoms with Gasteiger partial charge in [-0.25, -0.2) is 0 Å². The first-order valence-electron chi connectivity index (χ1n) is 3.61. The minimum absolute atomic E-state index is 0.542. The first kappa shape index (κ1) is 9.66. The Labute approximate surface area is 62.5 Å². The fraction of sp³-hybridized carbons (Fsp3) is 0.750. The summed E-state index contributed by atoms with van der Waals surface area (Å²) in [6.45, 7) is 8.16. The van der Waals surface area contributed by atoms with Gasteiger partial charge in [-0.15, -0.1) is 0 Å². The summed E-state index contributed by atoms with van der Waals surface area (Å²) >= 11 is 0. The third kappa shape index (κ3) is 5.79. The first-order valence-corrected chi connectivity index (χ1v) is 3.61. The van der Waals surface area contributed by atoms with Crippen LogP contribution in [0.3, 0.4) is 0 Å². The molecular formula is C8H16O2. The SMILES string of the molecule is C=C(C)CC(O)OCCC. The predicted molar refractivity (Wildman–Crippen MR) is 41.7 cm³/mol. The van der Waals surface area contributed by atoms with Crippen LogP contribution in [0.25, 0.3) is 0 Å². The Morgan fingerprint density at radius 2 is 2.30 bits per heavy atom. The quantitative estimate of drug-likeness (QED) is 0.470. The molecule has 0 heterocycles. The maximum absolute atomic E-state index is 9.07. The van der Waals surface area contributed by atoms with Gasteiger partial charge in [0.15, 0.2) is 6.29 Å². The van der Waals surface area contributed by atoms with Crippen LogP contribution in [0.2, 0.25) is 0 Å². The third-order valence-corrected chi connectivity index (χ3v) is 1.04. The Morgan fingerprint density at radius 1 is 1.70 bits per heavy atom. The Balaban J connectivity index is 3.25. The van der Waals surface area contributed by atoms with Gasteiger partial charge < -0.3 is 9.84 Å². The topological polar surface area (TPSA) is 29.5 Å². The molecule has 2 nitrogen and oxygen atoms in total. The van der Waals surface area contributed by atoms with Crippen LogP contribution >= 0.6 is 0 Å². The van der Waals surface area contributed by atoms with Crippen molar-refractivity contribution in [3.63, 3.8) is 0 Å². The number of aliphatic hydroxyl groups is 1. The van der Waals surface area contributed by atoms with E-state index < -0.39 is 6.29 Å². The van der Waals surface area contributed by atoms with Crippen LogP contribution in [0, 0.1) is 0 Å². The molecule has 0 bridgehead atoms. The molecule has 0 saturated heterocycles. The van der Waals surface area contributed by atoms with Gasteiger partial charge in [0.2, 0.25) is 0 Å². The van der Waals surface area contributed by atoms with Gasteiger partial charge in [0, 0.05) is 13.0 Å². The van der Waals surface area contributed by atoms with Gasteiger partial charge in [-0.3, -0.25) is 0 Å². The smallest absolute Gasteiger partial charge is 0.158 e. The fourth-order valence-electron chi connectivity index (χ4n) is 0.611.